The van der Waals surface area contributed by atoms with Crippen LogP contribution in [0, 0.1) is 0 Å². The minimum Gasteiger partial charge on any atom is -0.0866 e. The van der Waals surface area contributed by atoms with Crippen molar-refractivity contribution >= 4 is 8.07 Å². The predicted molar refractivity (Wildman–Crippen MR) is 85.9 cm³/mol. The van der Waals surface area contributed by atoms with Gasteiger partial charge >= 0.3 is 0 Å². The number of nitrogens with zero attached hydrogens (tertiary/aromatic N) is 3. The molecule has 1 aliphatic carbocycles. The Hall–Kier alpha value is -0.733. The molecular weight excluding hydrogens is 250 g/mol. The molecule has 4 heteroatoms. The van der Waals surface area contributed by atoms with Gasteiger partial charge in [-0.1, -0.05) is 57.9 Å². The summed E-state index contributed by atoms with van der Waals surface area (Å²) in [6, 6.07) is 0.0943. The molecule has 0 aromatic rings. The molecule has 108 valence electrons. The second kappa shape index (κ2) is 6.62. The molecule has 19 heavy (non-hydrogen) atoms. The van der Waals surface area contributed by atoms with Gasteiger partial charge in [0, 0.05) is 4.91 Å². The molecule has 1 unspecified atom stereocenters. The summed E-state index contributed by atoms with van der Waals surface area (Å²) >= 11 is 0. The van der Waals surface area contributed by atoms with Gasteiger partial charge in [0.05, 0.1) is 14.1 Å². The fourth-order valence-corrected chi connectivity index (χ4v) is 11.8. The van der Waals surface area contributed by atoms with E-state index in [9.17, 15) is 0 Å². The van der Waals surface area contributed by atoms with E-state index in [4.69, 9.17) is 5.53 Å². The topological polar surface area (TPSA) is 48.8 Å². The summed E-state index contributed by atoms with van der Waals surface area (Å²) in [6.07, 6.45) is 5.75. The average molecular weight is 280 g/mol. The Kier molecular flexibility index (Phi) is 5.69. The lowest BCUT2D eigenvalue weighted by Gasteiger charge is -2.46. The molecule has 0 saturated heterocycles. The highest BCUT2D eigenvalue weighted by Gasteiger charge is 2.45. The third kappa shape index (κ3) is 3.06. The number of hydrogen-bond acceptors (Lipinski definition) is 1. The Bertz CT molecular complexity index is 357. The van der Waals surface area contributed by atoms with E-state index in [-0.39, 0.29) is 6.04 Å². The Balaban J connectivity index is 3.28. The van der Waals surface area contributed by atoms with E-state index >= 15 is 0 Å². The Morgan fingerprint density at radius 3 is 2.11 bits per heavy atom. The van der Waals surface area contributed by atoms with Crippen LogP contribution in [0.4, 0.5) is 0 Å². The van der Waals surface area contributed by atoms with Gasteiger partial charge in [0.1, 0.15) is 0 Å². The monoisotopic (exact) mass is 279 g/mol. The molecule has 0 N–H and O–H groups in total. The predicted octanol–water partition coefficient (Wildman–Crippen LogP) is 5.99. The Morgan fingerprint density at radius 1 is 1.16 bits per heavy atom. The third-order valence-corrected chi connectivity index (χ3v) is 12.2. The fourth-order valence-electron chi connectivity index (χ4n) is 4.53. The van der Waals surface area contributed by atoms with Crippen molar-refractivity contribution in [1.82, 2.24) is 0 Å². The maximum Gasteiger partial charge on any atom is 0.0886 e. The zero-order valence-electron chi connectivity index (χ0n) is 13.3. The van der Waals surface area contributed by atoms with Crippen LogP contribution in [0.25, 0.3) is 10.4 Å². The molecule has 3 nitrogen and oxygen atoms in total. The van der Waals surface area contributed by atoms with Crippen LogP contribution in [0.2, 0.25) is 16.6 Å². The summed E-state index contributed by atoms with van der Waals surface area (Å²) in [7, 11) is -1.52. The summed E-state index contributed by atoms with van der Waals surface area (Å²) < 4.78 is 0. The fraction of sp³-hybridized carbons (Fsp3) is 0.867. The van der Waals surface area contributed by atoms with Crippen molar-refractivity contribution in [2.24, 2.45) is 5.11 Å². The maximum absolute atomic E-state index is 8.68. The second-order valence-corrected chi connectivity index (χ2v) is 12.7. The zero-order chi connectivity index (χ0) is 14.6. The quantitative estimate of drug-likeness (QED) is 0.257. The number of rotatable bonds is 5. The average Bonchev–Trinajstić information content (AvgIpc) is 2.29. The van der Waals surface area contributed by atoms with E-state index in [0.717, 1.165) is 23.0 Å². The van der Waals surface area contributed by atoms with Crippen molar-refractivity contribution in [3.8, 4) is 0 Å². The molecule has 0 saturated carbocycles. The molecular formula is C15H29N3Si. The molecule has 0 aromatic carbocycles. The highest BCUT2D eigenvalue weighted by molar-refractivity contribution is 6.89. The summed E-state index contributed by atoms with van der Waals surface area (Å²) in [5, 5.41) is 5.61. The second-order valence-electron chi connectivity index (χ2n) is 6.75. The van der Waals surface area contributed by atoms with Gasteiger partial charge in [-0.25, -0.2) is 0 Å². The lowest BCUT2D eigenvalue weighted by atomic mass is 10.0. The van der Waals surface area contributed by atoms with E-state index in [0.29, 0.717) is 0 Å². The van der Waals surface area contributed by atoms with Crippen molar-refractivity contribution in [2.75, 3.05) is 0 Å². The maximum atomic E-state index is 8.68. The van der Waals surface area contributed by atoms with Gasteiger partial charge in [-0.2, -0.15) is 0 Å². The molecule has 0 spiro atoms. The van der Waals surface area contributed by atoms with Crippen molar-refractivity contribution in [3.63, 3.8) is 0 Å². The molecule has 0 heterocycles. The number of azide groups is 1. The van der Waals surface area contributed by atoms with E-state index in [1.807, 2.05) is 0 Å². The minimum atomic E-state index is -1.52. The standard InChI is InChI=1S/C15H29N3Si/c1-11(2)19(12(3)4,13(5)6)15-9-7-8-14(10-15)17-18-16/h10-14H,7-9H2,1-6H3. The number of hydrogen-bond donors (Lipinski definition) is 0. The first kappa shape index (κ1) is 16.3. The molecule has 1 rings (SSSR count). The summed E-state index contributed by atoms with van der Waals surface area (Å²) in [6.45, 7) is 14.4. The van der Waals surface area contributed by atoms with Gasteiger partial charge in [0.15, 0.2) is 0 Å². The molecule has 0 amide bonds. The van der Waals surface area contributed by atoms with Gasteiger partial charge in [-0.05, 0) is 41.4 Å². The Labute approximate surface area is 119 Å². The van der Waals surface area contributed by atoms with E-state index < -0.39 is 8.07 Å². The van der Waals surface area contributed by atoms with Crippen molar-refractivity contribution in [1.29, 1.82) is 0 Å². The zero-order valence-corrected chi connectivity index (χ0v) is 14.3. The largest absolute Gasteiger partial charge is 0.0886 e. The summed E-state index contributed by atoms with van der Waals surface area (Å²) in [4.78, 5) is 3.01. The van der Waals surface area contributed by atoms with Gasteiger partial charge in [0.25, 0.3) is 0 Å². The van der Waals surface area contributed by atoms with E-state index in [2.05, 4.69) is 57.6 Å². The first-order valence-corrected chi connectivity index (χ1v) is 9.85. The van der Waals surface area contributed by atoms with Gasteiger partial charge in [0.2, 0.25) is 0 Å². The van der Waals surface area contributed by atoms with Crippen molar-refractivity contribution < 1.29 is 0 Å². The van der Waals surface area contributed by atoms with E-state index in [1.165, 1.54) is 12.8 Å². The number of allylic oxidation sites excluding steroid dienone is 1. The highest BCUT2D eigenvalue weighted by Crippen LogP contribution is 2.48. The third-order valence-electron chi connectivity index (χ3n) is 4.96. The van der Waals surface area contributed by atoms with Gasteiger partial charge in [-0.15, -0.1) is 0 Å². The molecule has 0 aliphatic heterocycles. The highest BCUT2D eigenvalue weighted by atomic mass is 28.3. The molecule has 0 bridgehead atoms. The molecule has 1 atom stereocenters. The smallest absolute Gasteiger partial charge is 0.0866 e. The van der Waals surface area contributed by atoms with Crippen LogP contribution in [0.15, 0.2) is 16.4 Å². The van der Waals surface area contributed by atoms with Crippen molar-refractivity contribution in [3.05, 3.63) is 21.7 Å². The molecule has 0 fully saturated rings. The summed E-state index contributed by atoms with van der Waals surface area (Å²) in [5.74, 6) is 0. The van der Waals surface area contributed by atoms with Crippen LogP contribution in [-0.4, -0.2) is 14.1 Å². The van der Waals surface area contributed by atoms with E-state index in [1.54, 1.807) is 5.20 Å². The SMILES string of the molecule is CC(C)[Si](C1=CC(N=[N+]=[N-])CCC1)(C(C)C)C(C)C. The minimum absolute atomic E-state index is 0.0943. The first-order chi connectivity index (χ1) is 8.87. The van der Waals surface area contributed by atoms with Crippen LogP contribution in [-0.2, 0) is 0 Å². The Morgan fingerprint density at radius 2 is 1.68 bits per heavy atom. The summed E-state index contributed by atoms with van der Waals surface area (Å²) in [5.41, 5.74) is 10.9. The van der Waals surface area contributed by atoms with Crippen LogP contribution in [0.1, 0.15) is 60.8 Å². The normalized spacial score (nSPS) is 20.7. The van der Waals surface area contributed by atoms with Crippen LogP contribution < -0.4 is 0 Å². The van der Waals surface area contributed by atoms with Gasteiger partial charge < -0.3 is 0 Å². The molecule has 0 radical (unpaired) electrons. The first-order valence-electron chi connectivity index (χ1n) is 7.62. The lowest BCUT2D eigenvalue weighted by molar-refractivity contribution is 0.626. The molecule has 0 aromatic heterocycles. The van der Waals surface area contributed by atoms with Crippen molar-refractivity contribution in [2.45, 2.75) is 83.5 Å². The van der Waals surface area contributed by atoms with Crippen LogP contribution in [0.3, 0.4) is 0 Å². The lowest BCUT2D eigenvalue weighted by Crippen LogP contribution is -2.47. The molecule has 1 aliphatic rings. The van der Waals surface area contributed by atoms with Crippen LogP contribution >= 0.6 is 0 Å². The van der Waals surface area contributed by atoms with Gasteiger partial charge in [-0.3, -0.25) is 0 Å². The van der Waals surface area contributed by atoms with Crippen LogP contribution in [0.5, 0.6) is 0 Å².